The van der Waals surface area contributed by atoms with Crippen LogP contribution in [0.25, 0.3) is 0 Å². The van der Waals surface area contributed by atoms with Crippen LogP contribution in [-0.2, 0) is 4.79 Å². The van der Waals surface area contributed by atoms with Gasteiger partial charge in [0.25, 0.3) is 0 Å². The monoisotopic (exact) mass is 312 g/mol. The molecule has 0 aliphatic carbocycles. The summed E-state index contributed by atoms with van der Waals surface area (Å²) in [5.74, 6) is 0.652. The smallest absolute Gasteiger partial charge is 0.243 e. The van der Waals surface area contributed by atoms with Gasteiger partial charge in [-0.05, 0) is 30.7 Å². The molecular weight excluding hydrogens is 288 g/mol. The number of nitrogens with zero attached hydrogens (tertiary/aromatic N) is 1. The van der Waals surface area contributed by atoms with Crippen LogP contribution < -0.4 is 15.0 Å². The highest BCUT2D eigenvalue weighted by atomic mass is 16.5. The maximum absolute atomic E-state index is 12.3. The molecule has 0 saturated carbocycles. The average Bonchev–Trinajstić information content (AvgIpc) is 2.57. The number of hydrogen-bond donors (Lipinski definition) is 1. The zero-order valence-electron chi connectivity index (χ0n) is 13.8. The molecule has 2 rings (SSSR count). The molecule has 122 valence electrons. The van der Waals surface area contributed by atoms with Crippen molar-refractivity contribution in [2.75, 3.05) is 30.4 Å². The zero-order chi connectivity index (χ0) is 16.5. The Labute approximate surface area is 138 Å². The third-order valence-corrected chi connectivity index (χ3v) is 3.49. The Hall–Kier alpha value is -2.49. The van der Waals surface area contributed by atoms with Crippen LogP contribution in [0.1, 0.15) is 19.8 Å². The number of rotatable bonds is 8. The van der Waals surface area contributed by atoms with Crippen molar-refractivity contribution in [3.8, 4) is 5.75 Å². The van der Waals surface area contributed by atoms with E-state index in [9.17, 15) is 4.79 Å². The molecule has 0 spiro atoms. The number of hydrogen-bond acceptors (Lipinski definition) is 3. The first-order valence-electron chi connectivity index (χ1n) is 7.98. The van der Waals surface area contributed by atoms with Gasteiger partial charge < -0.3 is 15.0 Å². The van der Waals surface area contributed by atoms with E-state index in [-0.39, 0.29) is 12.5 Å². The molecule has 1 N–H and O–H groups in total. The standard InChI is InChI=1S/C19H24N2O2/c1-3-4-14-23-18-13-9-8-12-17(18)20-19(22)15-21(2)16-10-6-5-7-11-16/h5-13H,3-4,14-15H2,1-2H3,(H,20,22). The van der Waals surface area contributed by atoms with Gasteiger partial charge in [-0.1, -0.05) is 43.7 Å². The minimum Gasteiger partial charge on any atom is -0.491 e. The Morgan fingerprint density at radius 1 is 1.09 bits per heavy atom. The minimum atomic E-state index is -0.0668. The predicted octanol–water partition coefficient (Wildman–Crippen LogP) is 3.94. The van der Waals surface area contributed by atoms with E-state index in [1.807, 2.05) is 66.5 Å². The van der Waals surface area contributed by atoms with Crippen LogP contribution in [0.4, 0.5) is 11.4 Å². The summed E-state index contributed by atoms with van der Waals surface area (Å²) in [6.45, 7) is 3.07. The molecule has 0 aromatic heterocycles. The molecule has 0 unspecified atom stereocenters. The number of benzene rings is 2. The number of nitrogens with one attached hydrogen (secondary N) is 1. The van der Waals surface area contributed by atoms with Crippen LogP contribution in [0.15, 0.2) is 54.6 Å². The van der Waals surface area contributed by atoms with Crippen LogP contribution in [0.5, 0.6) is 5.75 Å². The molecule has 2 aromatic rings. The molecule has 0 saturated heterocycles. The highest BCUT2D eigenvalue weighted by Crippen LogP contribution is 2.24. The molecule has 23 heavy (non-hydrogen) atoms. The first kappa shape index (κ1) is 16.9. The van der Waals surface area contributed by atoms with Gasteiger partial charge in [-0.15, -0.1) is 0 Å². The average molecular weight is 312 g/mol. The zero-order valence-corrected chi connectivity index (χ0v) is 13.8. The predicted molar refractivity (Wildman–Crippen MR) is 95.2 cm³/mol. The lowest BCUT2D eigenvalue weighted by Gasteiger charge is -2.19. The quantitative estimate of drug-likeness (QED) is 0.751. The minimum absolute atomic E-state index is 0.0668. The second kappa shape index (κ2) is 8.83. The molecular formula is C19H24N2O2. The Morgan fingerprint density at radius 2 is 1.78 bits per heavy atom. The fourth-order valence-electron chi connectivity index (χ4n) is 2.20. The molecule has 0 aliphatic heterocycles. The van der Waals surface area contributed by atoms with Crippen molar-refractivity contribution in [1.82, 2.24) is 0 Å². The van der Waals surface area contributed by atoms with Crippen LogP contribution in [0.3, 0.4) is 0 Å². The van der Waals surface area contributed by atoms with Gasteiger partial charge in [0.05, 0.1) is 18.8 Å². The number of carbonyl (C=O) groups excluding carboxylic acids is 1. The first-order valence-corrected chi connectivity index (χ1v) is 7.98. The van der Waals surface area contributed by atoms with E-state index in [0.717, 1.165) is 30.0 Å². The van der Waals surface area contributed by atoms with E-state index in [1.54, 1.807) is 0 Å². The van der Waals surface area contributed by atoms with Crippen molar-refractivity contribution < 1.29 is 9.53 Å². The summed E-state index contributed by atoms with van der Waals surface area (Å²) in [4.78, 5) is 14.2. The van der Waals surface area contributed by atoms with Gasteiger partial charge in [-0.25, -0.2) is 0 Å². The Kier molecular flexibility index (Phi) is 6.48. The number of anilines is 2. The van der Waals surface area contributed by atoms with Crippen LogP contribution in [0.2, 0.25) is 0 Å². The number of amides is 1. The van der Waals surface area contributed by atoms with Gasteiger partial charge in [0.1, 0.15) is 5.75 Å². The third-order valence-electron chi connectivity index (χ3n) is 3.49. The van der Waals surface area contributed by atoms with Crippen molar-refractivity contribution in [3.05, 3.63) is 54.6 Å². The molecule has 2 aromatic carbocycles. The van der Waals surface area contributed by atoms with Crippen molar-refractivity contribution in [1.29, 1.82) is 0 Å². The molecule has 4 heteroatoms. The van der Waals surface area contributed by atoms with Crippen LogP contribution in [-0.4, -0.2) is 26.1 Å². The SMILES string of the molecule is CCCCOc1ccccc1NC(=O)CN(C)c1ccccc1. The fourth-order valence-corrected chi connectivity index (χ4v) is 2.20. The molecule has 0 bridgehead atoms. The van der Waals surface area contributed by atoms with E-state index in [4.69, 9.17) is 4.74 Å². The lowest BCUT2D eigenvalue weighted by Crippen LogP contribution is -2.30. The Morgan fingerprint density at radius 3 is 2.52 bits per heavy atom. The summed E-state index contributed by atoms with van der Waals surface area (Å²) in [5, 5.41) is 2.93. The number of likely N-dealkylation sites (N-methyl/N-ethyl adjacent to an activating group) is 1. The normalized spacial score (nSPS) is 10.2. The molecule has 4 nitrogen and oxygen atoms in total. The summed E-state index contributed by atoms with van der Waals surface area (Å²) < 4.78 is 5.74. The first-order chi connectivity index (χ1) is 11.2. The number of unbranched alkanes of at least 4 members (excludes halogenated alkanes) is 1. The number of para-hydroxylation sites is 3. The summed E-state index contributed by atoms with van der Waals surface area (Å²) in [6.07, 6.45) is 2.08. The van der Waals surface area contributed by atoms with Crippen LogP contribution >= 0.6 is 0 Å². The number of ether oxygens (including phenoxy) is 1. The van der Waals surface area contributed by atoms with E-state index in [2.05, 4.69) is 12.2 Å². The van der Waals surface area contributed by atoms with Crippen molar-refractivity contribution in [3.63, 3.8) is 0 Å². The summed E-state index contributed by atoms with van der Waals surface area (Å²) >= 11 is 0. The maximum atomic E-state index is 12.3. The topological polar surface area (TPSA) is 41.6 Å². The molecule has 0 heterocycles. The largest absolute Gasteiger partial charge is 0.491 e. The van der Waals surface area contributed by atoms with Gasteiger partial charge >= 0.3 is 0 Å². The van der Waals surface area contributed by atoms with E-state index in [0.29, 0.717) is 6.61 Å². The summed E-state index contributed by atoms with van der Waals surface area (Å²) in [6, 6.07) is 17.4. The number of carbonyl (C=O) groups is 1. The summed E-state index contributed by atoms with van der Waals surface area (Å²) in [5.41, 5.74) is 1.73. The maximum Gasteiger partial charge on any atom is 0.243 e. The van der Waals surface area contributed by atoms with Gasteiger partial charge in [0.2, 0.25) is 5.91 Å². The van der Waals surface area contributed by atoms with Crippen molar-refractivity contribution in [2.45, 2.75) is 19.8 Å². The molecule has 0 radical (unpaired) electrons. The van der Waals surface area contributed by atoms with Gasteiger partial charge in [-0.3, -0.25) is 4.79 Å². The lowest BCUT2D eigenvalue weighted by molar-refractivity contribution is -0.114. The Balaban J connectivity index is 1.95. The highest BCUT2D eigenvalue weighted by molar-refractivity contribution is 5.95. The van der Waals surface area contributed by atoms with Crippen molar-refractivity contribution in [2.24, 2.45) is 0 Å². The van der Waals surface area contributed by atoms with E-state index < -0.39 is 0 Å². The highest BCUT2D eigenvalue weighted by Gasteiger charge is 2.10. The second-order valence-electron chi connectivity index (χ2n) is 5.44. The van der Waals surface area contributed by atoms with E-state index in [1.165, 1.54) is 0 Å². The molecule has 0 atom stereocenters. The third kappa shape index (κ3) is 5.33. The van der Waals surface area contributed by atoms with Crippen molar-refractivity contribution >= 4 is 17.3 Å². The fraction of sp³-hybridized carbons (Fsp3) is 0.316. The van der Waals surface area contributed by atoms with Gasteiger partial charge in [0.15, 0.2) is 0 Å². The van der Waals surface area contributed by atoms with E-state index >= 15 is 0 Å². The molecule has 0 aliphatic rings. The lowest BCUT2D eigenvalue weighted by atomic mass is 10.2. The molecule has 1 amide bonds. The molecule has 0 fully saturated rings. The van der Waals surface area contributed by atoms with Gasteiger partial charge in [0, 0.05) is 12.7 Å². The second-order valence-corrected chi connectivity index (χ2v) is 5.44. The van der Waals surface area contributed by atoms with Crippen LogP contribution in [0, 0.1) is 0 Å². The van der Waals surface area contributed by atoms with Gasteiger partial charge in [-0.2, -0.15) is 0 Å². The Bertz CT molecular complexity index is 614. The summed E-state index contributed by atoms with van der Waals surface area (Å²) in [7, 11) is 1.90.